The Labute approximate surface area is 365 Å². The molecule has 348 valence electrons. The van der Waals surface area contributed by atoms with Gasteiger partial charge < -0.3 is 53.9 Å². The summed E-state index contributed by atoms with van der Waals surface area (Å²) in [6.45, 7) is 24.1. The molecular formula is C47H79N3O11. The van der Waals surface area contributed by atoms with Crippen LogP contribution < -0.4 is 5.32 Å². The maximum atomic E-state index is 14.6. The molecule has 4 unspecified atom stereocenters. The van der Waals surface area contributed by atoms with E-state index >= 15 is 0 Å². The standard InChI is InChI=1S/C47H79N3O11/c1-14-37-33(8)50(23-19-22-35-20-17-16-18-21-35)27-29(4)39(49-56-15-2)28(3)25-46(10,54)43(61-45-40(51)36(48-12)24-30(5)57-45)31(6)41(32(7)44(53)59-37)60-38-26-47(11,55-13)42(52)34(9)58-38/h15-18,20-21,28-34,36-38,40-43,45,48,51-52,54H,2,14,19,22-27H2,1,3-13H3/b49-39+/t28-,29?,30-,31+,32-,33?,34+,36+,37?,38+,40-,41?,42+,43-,45+,46+,47-/m1/s1. The zero-order chi connectivity index (χ0) is 45.2. The van der Waals surface area contributed by atoms with Crippen molar-refractivity contribution in [3.8, 4) is 0 Å². The lowest BCUT2D eigenvalue weighted by Crippen LogP contribution is -2.60. The Hall–Kier alpha value is -2.50. The first-order valence-corrected chi connectivity index (χ1v) is 22.6. The molecule has 4 rings (SSSR count). The number of ether oxygens (including phenoxy) is 6. The second-order valence-electron chi connectivity index (χ2n) is 18.5. The highest BCUT2D eigenvalue weighted by Gasteiger charge is 2.51. The first kappa shape index (κ1) is 51.1. The molecule has 0 bridgehead atoms. The number of esters is 1. The minimum atomic E-state index is -1.62. The van der Waals surface area contributed by atoms with Crippen LogP contribution in [0.25, 0.3) is 0 Å². The van der Waals surface area contributed by atoms with Gasteiger partial charge in [-0.1, -0.05) is 69.8 Å². The number of aliphatic hydroxyl groups is 3. The van der Waals surface area contributed by atoms with Crippen LogP contribution in [-0.4, -0.2) is 138 Å². The molecule has 1 aromatic rings. The van der Waals surface area contributed by atoms with Gasteiger partial charge in [0.2, 0.25) is 0 Å². The van der Waals surface area contributed by atoms with Crippen molar-refractivity contribution in [3.63, 3.8) is 0 Å². The Morgan fingerprint density at radius 3 is 2.33 bits per heavy atom. The molecule has 1 aromatic carbocycles. The largest absolute Gasteiger partial charge is 0.460 e. The molecule has 14 heteroatoms. The summed E-state index contributed by atoms with van der Waals surface area (Å²) in [6, 6.07) is 9.89. The molecule has 0 spiro atoms. The molecule has 4 N–H and O–H groups in total. The third kappa shape index (κ3) is 13.0. The molecule has 0 saturated carbocycles. The maximum absolute atomic E-state index is 14.6. The summed E-state index contributed by atoms with van der Waals surface area (Å²) in [7, 11) is 3.32. The Kier molecular flexibility index (Phi) is 19.2. The molecule has 3 heterocycles. The van der Waals surface area contributed by atoms with E-state index in [1.54, 1.807) is 34.7 Å². The summed E-state index contributed by atoms with van der Waals surface area (Å²) in [5.74, 6) is -2.56. The Morgan fingerprint density at radius 2 is 1.70 bits per heavy atom. The van der Waals surface area contributed by atoms with Crippen LogP contribution in [0.2, 0.25) is 0 Å². The number of benzene rings is 1. The first-order valence-electron chi connectivity index (χ1n) is 22.6. The number of likely N-dealkylation sites (N-methyl/N-ethyl adjacent to an activating group) is 1. The van der Waals surface area contributed by atoms with Crippen LogP contribution in [0.3, 0.4) is 0 Å². The molecule has 17 atom stereocenters. The second-order valence-corrected chi connectivity index (χ2v) is 18.5. The van der Waals surface area contributed by atoms with Crippen LogP contribution >= 0.6 is 0 Å². The zero-order valence-corrected chi connectivity index (χ0v) is 39.0. The average Bonchev–Trinajstić information content (AvgIpc) is 3.22. The molecule has 3 aliphatic heterocycles. The highest BCUT2D eigenvalue weighted by Crippen LogP contribution is 2.40. The fourth-order valence-electron chi connectivity index (χ4n) is 9.86. The van der Waals surface area contributed by atoms with Crippen LogP contribution in [0.15, 0.2) is 48.3 Å². The minimum Gasteiger partial charge on any atom is -0.460 e. The number of carbonyl (C=O) groups excluding carboxylic acids is 1. The van der Waals surface area contributed by atoms with Crippen LogP contribution in [0.4, 0.5) is 0 Å². The summed E-state index contributed by atoms with van der Waals surface area (Å²) in [5.41, 5.74) is -0.642. The number of nitrogens with one attached hydrogen (secondary N) is 1. The summed E-state index contributed by atoms with van der Waals surface area (Å²) in [6.07, 6.45) is -2.93. The van der Waals surface area contributed by atoms with E-state index in [1.165, 1.54) is 18.9 Å². The van der Waals surface area contributed by atoms with Gasteiger partial charge in [-0.25, -0.2) is 0 Å². The predicted octanol–water partition coefficient (Wildman–Crippen LogP) is 5.60. The molecule has 3 aliphatic rings. The zero-order valence-electron chi connectivity index (χ0n) is 39.0. The van der Waals surface area contributed by atoms with Gasteiger partial charge in [-0.2, -0.15) is 0 Å². The summed E-state index contributed by atoms with van der Waals surface area (Å²) in [5, 5.41) is 43.3. The normalized spacial score (nSPS) is 42.0. The molecule has 14 nitrogen and oxygen atoms in total. The van der Waals surface area contributed by atoms with Gasteiger partial charge in [-0.3, -0.25) is 9.69 Å². The maximum Gasteiger partial charge on any atom is 0.311 e. The molecular weight excluding hydrogens is 783 g/mol. The van der Waals surface area contributed by atoms with Gasteiger partial charge in [-0.05, 0) is 92.8 Å². The van der Waals surface area contributed by atoms with Gasteiger partial charge in [0.25, 0.3) is 0 Å². The van der Waals surface area contributed by atoms with Crippen molar-refractivity contribution in [3.05, 3.63) is 48.7 Å². The Morgan fingerprint density at radius 1 is 1.02 bits per heavy atom. The fourth-order valence-corrected chi connectivity index (χ4v) is 9.86. The van der Waals surface area contributed by atoms with Gasteiger partial charge in [0.1, 0.15) is 24.6 Å². The number of oxime groups is 1. The lowest BCUT2D eigenvalue weighted by Gasteiger charge is -2.48. The molecule has 61 heavy (non-hydrogen) atoms. The third-order valence-corrected chi connectivity index (χ3v) is 13.6. The van der Waals surface area contributed by atoms with Crippen LogP contribution in [0, 0.1) is 23.7 Å². The molecule has 3 fully saturated rings. The predicted molar refractivity (Wildman–Crippen MR) is 235 cm³/mol. The van der Waals surface area contributed by atoms with E-state index in [0.717, 1.165) is 25.1 Å². The SMILES string of the molecule is C=CO/N=C1/C(C)CN(CCCc2ccccc2)C(C)C(CC)OC(=O)[C@H](C)C(O[C@H]2C[C@@](C)(OC)[C@@H](O)[C@H](C)O2)[C@H](C)[C@@H](O[C@@H]2O[C@H](C)C[C@H](NC)[C@H]2O)[C@@](C)(O)C[C@H]1C. The van der Waals surface area contributed by atoms with E-state index in [1.807, 2.05) is 33.8 Å². The van der Waals surface area contributed by atoms with Gasteiger partial charge in [0.15, 0.2) is 12.6 Å². The Bertz CT molecular complexity index is 1530. The summed E-state index contributed by atoms with van der Waals surface area (Å²) in [4.78, 5) is 22.5. The quantitative estimate of drug-likeness (QED) is 0.110. The van der Waals surface area contributed by atoms with Gasteiger partial charge in [-0.15, -0.1) is 0 Å². The van der Waals surface area contributed by atoms with Crippen LogP contribution in [-0.2, 0) is 44.5 Å². The molecule has 0 radical (unpaired) electrons. The number of cyclic esters (lactones) is 1. The van der Waals surface area contributed by atoms with Gasteiger partial charge in [0.05, 0.1) is 47.2 Å². The summed E-state index contributed by atoms with van der Waals surface area (Å²) >= 11 is 0. The molecule has 0 amide bonds. The van der Waals surface area contributed by atoms with E-state index in [0.29, 0.717) is 19.4 Å². The number of rotatable bonds is 13. The summed E-state index contributed by atoms with van der Waals surface area (Å²) < 4.78 is 38.5. The topological polar surface area (TPSA) is 170 Å². The van der Waals surface area contributed by atoms with Crippen molar-refractivity contribution < 1.29 is 53.4 Å². The molecule has 0 aliphatic carbocycles. The number of hydrogen-bond donors (Lipinski definition) is 4. The van der Waals surface area contributed by atoms with Crippen molar-refractivity contribution >= 4 is 11.7 Å². The van der Waals surface area contributed by atoms with Crippen molar-refractivity contribution in [2.24, 2.45) is 28.8 Å². The fraction of sp³-hybridized carbons (Fsp3) is 0.787. The first-order chi connectivity index (χ1) is 28.8. The van der Waals surface area contributed by atoms with E-state index < -0.39 is 78.2 Å². The van der Waals surface area contributed by atoms with Gasteiger partial charge in [0, 0.05) is 49.9 Å². The smallest absolute Gasteiger partial charge is 0.311 e. The number of carbonyl (C=O) groups is 1. The van der Waals surface area contributed by atoms with Gasteiger partial charge >= 0.3 is 5.97 Å². The lowest BCUT2D eigenvalue weighted by atomic mass is 9.76. The number of methoxy groups -OCH3 is 1. The molecule has 0 aromatic heterocycles. The minimum absolute atomic E-state index is 0.147. The second kappa shape index (κ2) is 22.9. The van der Waals surface area contributed by atoms with Crippen molar-refractivity contribution in [2.45, 2.75) is 186 Å². The Balaban J connectivity index is 1.83. The lowest BCUT2D eigenvalue weighted by molar-refractivity contribution is -0.315. The van der Waals surface area contributed by atoms with Crippen LogP contribution in [0.1, 0.15) is 107 Å². The number of hydrogen-bond acceptors (Lipinski definition) is 14. The average molecular weight is 862 g/mol. The van der Waals surface area contributed by atoms with Crippen LogP contribution in [0.5, 0.6) is 0 Å². The highest BCUT2D eigenvalue weighted by molar-refractivity contribution is 5.88. The van der Waals surface area contributed by atoms with Crippen molar-refractivity contribution in [1.82, 2.24) is 10.2 Å². The van der Waals surface area contributed by atoms with Crippen molar-refractivity contribution in [2.75, 3.05) is 27.2 Å². The van der Waals surface area contributed by atoms with E-state index in [4.69, 9.17) is 33.3 Å². The van der Waals surface area contributed by atoms with E-state index in [9.17, 15) is 20.1 Å². The highest BCUT2D eigenvalue weighted by atomic mass is 16.7. The van der Waals surface area contributed by atoms with Crippen molar-refractivity contribution in [1.29, 1.82) is 0 Å². The molecule has 3 saturated heterocycles. The number of aryl methyl sites for hydroxylation is 1. The van der Waals surface area contributed by atoms with E-state index in [2.05, 4.69) is 60.1 Å². The third-order valence-electron chi connectivity index (χ3n) is 13.6. The number of aliphatic hydroxyl groups excluding tert-OH is 2. The monoisotopic (exact) mass is 862 g/mol. The number of nitrogens with zero attached hydrogens (tertiary/aromatic N) is 2. The van der Waals surface area contributed by atoms with E-state index in [-0.39, 0.29) is 42.9 Å².